The van der Waals surface area contributed by atoms with Crippen LogP contribution in [0.4, 0.5) is 25.5 Å². The van der Waals surface area contributed by atoms with Crippen LogP contribution in [0.5, 0.6) is 0 Å². The Morgan fingerprint density at radius 1 is 1.36 bits per heavy atom. The van der Waals surface area contributed by atoms with E-state index in [0.29, 0.717) is 10.8 Å². The Hall–Kier alpha value is -1.67. The summed E-state index contributed by atoms with van der Waals surface area (Å²) in [6.45, 7) is 4.00. The molecule has 1 unspecified atom stereocenters. The maximum atomic E-state index is 13.7. The molecule has 1 aromatic heterocycles. The first-order valence-corrected chi connectivity index (χ1v) is 8.96. The molecule has 8 heteroatoms. The lowest BCUT2D eigenvalue weighted by Gasteiger charge is -2.11. The molecule has 0 bridgehead atoms. The summed E-state index contributed by atoms with van der Waals surface area (Å²) in [7, 11) is -0.430. The van der Waals surface area contributed by atoms with Crippen molar-refractivity contribution >= 4 is 45.7 Å². The fourth-order valence-corrected chi connectivity index (χ4v) is 2.18. The lowest BCUT2D eigenvalue weighted by Crippen LogP contribution is -2.01. The molecule has 0 saturated heterocycles. The summed E-state index contributed by atoms with van der Waals surface area (Å²) in [5.41, 5.74) is 6.13. The number of rotatable bonds is 4. The summed E-state index contributed by atoms with van der Waals surface area (Å²) in [5.74, 6) is 3.51. The van der Waals surface area contributed by atoms with Crippen molar-refractivity contribution in [2.24, 2.45) is 0 Å². The van der Waals surface area contributed by atoms with Crippen LogP contribution in [0.1, 0.15) is 13.8 Å². The molecule has 0 amide bonds. The van der Waals surface area contributed by atoms with Crippen molar-refractivity contribution < 1.29 is 8.28 Å². The van der Waals surface area contributed by atoms with E-state index in [0.717, 1.165) is 0 Å². The van der Waals surface area contributed by atoms with Gasteiger partial charge in [0.2, 0.25) is 0 Å². The average molecular weight is 344 g/mol. The topological polar surface area (TPSA) is 63.8 Å². The minimum absolute atomic E-state index is 0.0134. The smallest absolute Gasteiger partial charge is 0.183 e. The predicted molar refractivity (Wildman–Crippen MR) is 93.3 cm³/mol. The maximum absolute atomic E-state index is 13.7. The van der Waals surface area contributed by atoms with E-state index < -0.39 is 16.3 Å². The molecule has 0 aliphatic carbocycles. The zero-order valence-corrected chi connectivity index (χ0v) is 14.2. The van der Waals surface area contributed by atoms with Gasteiger partial charge in [-0.1, -0.05) is 19.7 Å². The SMILES string of the molecule is C=S(C)c1ncc(SF)c(Nc2cc(N)ccc2F)n1.CC. The lowest BCUT2D eigenvalue weighted by atomic mass is 10.2. The first kappa shape index (κ1) is 18.4. The predicted octanol–water partition coefficient (Wildman–Crippen LogP) is 4.63. The molecule has 4 nitrogen and oxygen atoms in total. The number of nitrogens with one attached hydrogen (secondary N) is 1. The van der Waals surface area contributed by atoms with Crippen LogP contribution in [0.3, 0.4) is 0 Å². The summed E-state index contributed by atoms with van der Waals surface area (Å²) < 4.78 is 26.5. The first-order chi connectivity index (χ1) is 10.5. The number of anilines is 3. The van der Waals surface area contributed by atoms with Crippen molar-refractivity contribution in [3.63, 3.8) is 0 Å². The summed E-state index contributed by atoms with van der Waals surface area (Å²) in [6, 6.07) is 4.09. The highest BCUT2D eigenvalue weighted by atomic mass is 32.2. The van der Waals surface area contributed by atoms with Crippen LogP contribution < -0.4 is 11.1 Å². The number of halogens is 2. The minimum Gasteiger partial charge on any atom is -0.399 e. The van der Waals surface area contributed by atoms with Crippen LogP contribution in [0, 0.1) is 5.82 Å². The standard InChI is InChI=1S/C12H12F2N4S2.C2H6/c1-20(2)12-16-6-10(19-14)11(18-12)17-9-5-7(15)3-4-8(9)13;1-2/h3-6H,1,15H2,2H3,(H,16,17,18);1-2H3. The van der Waals surface area contributed by atoms with E-state index >= 15 is 0 Å². The van der Waals surface area contributed by atoms with Gasteiger partial charge in [0.1, 0.15) is 10.7 Å². The molecule has 22 heavy (non-hydrogen) atoms. The van der Waals surface area contributed by atoms with Gasteiger partial charge in [-0.15, -0.1) is 10.5 Å². The van der Waals surface area contributed by atoms with Crippen molar-refractivity contribution in [1.82, 2.24) is 9.97 Å². The number of nitrogen functional groups attached to an aromatic ring is 1. The molecule has 0 saturated carbocycles. The largest absolute Gasteiger partial charge is 0.399 e. The molecule has 2 aromatic rings. The van der Waals surface area contributed by atoms with E-state index in [1.165, 1.54) is 24.4 Å². The van der Waals surface area contributed by atoms with Crippen molar-refractivity contribution in [3.8, 4) is 0 Å². The fraction of sp³-hybridized carbons (Fsp3) is 0.214. The van der Waals surface area contributed by atoms with Crippen LogP contribution in [-0.2, 0) is 0 Å². The third kappa shape index (κ3) is 4.67. The van der Waals surface area contributed by atoms with Crippen LogP contribution in [-0.4, -0.2) is 22.1 Å². The van der Waals surface area contributed by atoms with Gasteiger partial charge >= 0.3 is 0 Å². The molecule has 1 aromatic carbocycles. The highest BCUT2D eigenvalue weighted by Crippen LogP contribution is 2.31. The summed E-state index contributed by atoms with van der Waals surface area (Å²) in [5, 5.41) is 3.20. The first-order valence-electron chi connectivity index (χ1n) is 6.44. The van der Waals surface area contributed by atoms with E-state index in [2.05, 4.69) is 21.2 Å². The Labute approximate surface area is 135 Å². The molecular weight excluding hydrogens is 326 g/mol. The third-order valence-electron chi connectivity index (χ3n) is 2.37. The zero-order chi connectivity index (χ0) is 16.7. The average Bonchev–Trinajstić information content (AvgIpc) is 2.52. The molecule has 0 radical (unpaired) electrons. The van der Waals surface area contributed by atoms with Crippen LogP contribution in [0.2, 0.25) is 0 Å². The Morgan fingerprint density at radius 3 is 2.64 bits per heavy atom. The number of nitrogens with two attached hydrogens (primary N) is 1. The number of hydrogen-bond acceptors (Lipinski definition) is 5. The summed E-state index contributed by atoms with van der Waals surface area (Å²) in [4.78, 5) is 8.35. The molecule has 3 N–H and O–H groups in total. The van der Waals surface area contributed by atoms with Gasteiger partial charge in [0.25, 0.3) is 0 Å². The Balaban J connectivity index is 0.00000116. The van der Waals surface area contributed by atoms with E-state index in [9.17, 15) is 8.28 Å². The monoisotopic (exact) mass is 344 g/mol. The van der Waals surface area contributed by atoms with Crippen LogP contribution in [0.15, 0.2) is 34.4 Å². The Bertz CT molecular complexity index is 665. The third-order valence-corrected chi connectivity index (χ3v) is 3.66. The minimum atomic E-state index is -0.501. The van der Waals surface area contributed by atoms with Gasteiger partial charge in [-0.05, 0) is 24.5 Å². The molecular formula is C14H18F2N4S2. The van der Waals surface area contributed by atoms with Gasteiger partial charge in [0.15, 0.2) is 11.0 Å². The van der Waals surface area contributed by atoms with Gasteiger partial charge in [-0.2, -0.15) is 3.89 Å². The molecule has 0 aliphatic heterocycles. The lowest BCUT2D eigenvalue weighted by molar-refractivity contribution is 0.632. The quantitative estimate of drug-likeness (QED) is 0.481. The molecule has 0 aliphatic rings. The summed E-state index contributed by atoms with van der Waals surface area (Å²) >= 11 is -0.0134. The molecule has 120 valence electrons. The van der Waals surface area contributed by atoms with Gasteiger partial charge in [-0.3, -0.25) is 0 Å². The van der Waals surface area contributed by atoms with Gasteiger partial charge in [-0.25, -0.2) is 14.4 Å². The van der Waals surface area contributed by atoms with Crippen molar-refractivity contribution in [1.29, 1.82) is 0 Å². The molecule has 1 heterocycles. The second kappa shape index (κ2) is 8.70. The summed E-state index contributed by atoms with van der Waals surface area (Å²) in [6.07, 6.45) is 3.18. The molecule has 0 fully saturated rings. The van der Waals surface area contributed by atoms with E-state index in [4.69, 9.17) is 5.73 Å². The van der Waals surface area contributed by atoms with E-state index in [1.54, 1.807) is 0 Å². The Kier molecular flexibility index (Phi) is 7.26. The van der Waals surface area contributed by atoms with Gasteiger partial charge < -0.3 is 11.1 Å². The fourth-order valence-electron chi connectivity index (χ4n) is 1.43. The molecule has 0 spiro atoms. The molecule has 1 atom stereocenters. The number of nitrogens with zero attached hydrogens (tertiary/aromatic N) is 2. The maximum Gasteiger partial charge on any atom is 0.183 e. The number of benzene rings is 1. The van der Waals surface area contributed by atoms with Crippen molar-refractivity contribution in [2.45, 2.75) is 23.9 Å². The normalized spacial score (nSPS) is 11.3. The highest BCUT2D eigenvalue weighted by Gasteiger charge is 2.11. The van der Waals surface area contributed by atoms with E-state index in [-0.39, 0.29) is 28.5 Å². The zero-order valence-electron chi connectivity index (χ0n) is 12.6. The van der Waals surface area contributed by atoms with Gasteiger partial charge in [0, 0.05) is 11.9 Å². The Morgan fingerprint density at radius 2 is 2.05 bits per heavy atom. The van der Waals surface area contributed by atoms with E-state index in [1.807, 2.05) is 20.1 Å². The highest BCUT2D eigenvalue weighted by molar-refractivity contribution is 8.13. The second-order valence-corrected chi connectivity index (χ2v) is 6.18. The number of aromatic nitrogens is 2. The van der Waals surface area contributed by atoms with Crippen LogP contribution >= 0.6 is 22.6 Å². The molecule has 2 rings (SSSR count). The van der Waals surface area contributed by atoms with Crippen molar-refractivity contribution in [3.05, 3.63) is 30.2 Å². The van der Waals surface area contributed by atoms with Crippen molar-refractivity contribution in [2.75, 3.05) is 17.3 Å². The van der Waals surface area contributed by atoms with Crippen LogP contribution in [0.25, 0.3) is 0 Å². The second-order valence-electron chi connectivity index (χ2n) is 3.94. The van der Waals surface area contributed by atoms with Gasteiger partial charge in [0.05, 0.1) is 17.8 Å². The number of hydrogen-bond donors (Lipinski definition) is 2.